The van der Waals surface area contributed by atoms with E-state index in [0.717, 1.165) is 24.3 Å². The molecule has 3 heteroatoms. The molecule has 0 aromatic heterocycles. The van der Waals surface area contributed by atoms with Gasteiger partial charge in [0.2, 0.25) is 0 Å². The molecule has 1 nitrogen and oxygen atoms in total. The topological polar surface area (TPSA) is 23.8 Å². The van der Waals surface area contributed by atoms with Crippen LogP contribution in [-0.4, -0.2) is 0 Å². The maximum atomic E-state index is 9.16. The minimum Gasteiger partial charge on any atom is -0.198 e. The summed E-state index contributed by atoms with van der Waals surface area (Å²) in [6.45, 7) is 0. The van der Waals surface area contributed by atoms with E-state index in [1.165, 1.54) is 15.6 Å². The summed E-state index contributed by atoms with van der Waals surface area (Å²) in [7, 11) is 0. The fourth-order valence-corrected chi connectivity index (χ4v) is 3.02. The molecule has 1 fully saturated rings. The van der Waals surface area contributed by atoms with Crippen LogP contribution in [0.1, 0.15) is 24.8 Å². The number of hydrogen-bond acceptors (Lipinski definition) is 1. The molecule has 0 saturated heterocycles. The summed E-state index contributed by atoms with van der Waals surface area (Å²) >= 11 is 8.19. The van der Waals surface area contributed by atoms with Gasteiger partial charge < -0.3 is 0 Å². The summed E-state index contributed by atoms with van der Waals surface area (Å²) in [6, 6.07) is 8.38. The fraction of sp³-hybridized carbons (Fsp3) is 0.417. The molecule has 1 aliphatic rings. The molecule has 1 aliphatic carbocycles. The van der Waals surface area contributed by atoms with Crippen molar-refractivity contribution in [3.05, 3.63) is 32.4 Å². The van der Waals surface area contributed by atoms with E-state index in [1.54, 1.807) is 0 Å². The highest BCUT2D eigenvalue weighted by molar-refractivity contribution is 14.1. The highest BCUT2D eigenvalue weighted by Crippen LogP contribution is 2.43. The molecule has 2 rings (SSSR count). The van der Waals surface area contributed by atoms with Crippen LogP contribution in [0.5, 0.6) is 0 Å². The number of nitriles is 1. The Kier molecular flexibility index (Phi) is 3.22. The van der Waals surface area contributed by atoms with E-state index in [0.29, 0.717) is 0 Å². The van der Waals surface area contributed by atoms with Gasteiger partial charge in [-0.05, 0) is 59.5 Å². The average Bonchev–Trinajstić information content (AvgIpc) is 2.14. The van der Waals surface area contributed by atoms with Crippen molar-refractivity contribution in [3.63, 3.8) is 0 Å². The quantitative estimate of drug-likeness (QED) is 0.746. The van der Waals surface area contributed by atoms with E-state index < -0.39 is 0 Å². The molecule has 0 atom stereocenters. The van der Waals surface area contributed by atoms with Crippen molar-refractivity contribution < 1.29 is 0 Å². The van der Waals surface area contributed by atoms with Crippen molar-refractivity contribution in [3.8, 4) is 6.07 Å². The summed E-state index contributed by atoms with van der Waals surface area (Å²) in [6.07, 6.45) is 4.15. The van der Waals surface area contributed by atoms with Gasteiger partial charge in [0.1, 0.15) is 0 Å². The average molecular weight is 332 g/mol. The highest BCUT2D eigenvalue weighted by atomic mass is 127. The largest absolute Gasteiger partial charge is 0.198 e. The van der Waals surface area contributed by atoms with Gasteiger partial charge >= 0.3 is 0 Å². The third-order valence-corrected chi connectivity index (χ3v) is 4.33. The summed E-state index contributed by atoms with van der Waals surface area (Å²) in [4.78, 5) is 0. The van der Waals surface area contributed by atoms with E-state index in [9.17, 15) is 0 Å². The normalized spacial score (nSPS) is 17.9. The molecular weight excluding hydrogens is 320 g/mol. The SMILES string of the molecule is N#CC1(Cc2ccc(Cl)cc2I)CCC1. The lowest BCUT2D eigenvalue weighted by Gasteiger charge is -2.35. The minimum atomic E-state index is -0.0895. The van der Waals surface area contributed by atoms with Crippen LogP contribution >= 0.6 is 34.2 Å². The molecule has 1 saturated carbocycles. The summed E-state index contributed by atoms with van der Waals surface area (Å²) in [5, 5.41) is 9.93. The number of rotatable bonds is 2. The van der Waals surface area contributed by atoms with Crippen LogP contribution in [0.25, 0.3) is 0 Å². The molecular formula is C12H11ClIN. The highest BCUT2D eigenvalue weighted by Gasteiger charge is 2.37. The van der Waals surface area contributed by atoms with Gasteiger partial charge in [-0.2, -0.15) is 5.26 Å². The molecule has 0 spiro atoms. The molecule has 0 N–H and O–H groups in total. The van der Waals surface area contributed by atoms with E-state index in [1.807, 2.05) is 18.2 Å². The number of nitrogens with zero attached hydrogens (tertiary/aromatic N) is 1. The predicted octanol–water partition coefficient (Wildman–Crippen LogP) is 4.18. The summed E-state index contributed by atoms with van der Waals surface area (Å²) in [5.41, 5.74) is 1.16. The smallest absolute Gasteiger partial charge is 0.0693 e. The molecule has 78 valence electrons. The second-order valence-electron chi connectivity index (χ2n) is 4.16. The van der Waals surface area contributed by atoms with Gasteiger partial charge in [-0.15, -0.1) is 0 Å². The third kappa shape index (κ3) is 2.29. The zero-order chi connectivity index (χ0) is 10.9. The van der Waals surface area contributed by atoms with Gasteiger partial charge in [-0.25, -0.2) is 0 Å². The Morgan fingerprint density at radius 3 is 2.67 bits per heavy atom. The van der Waals surface area contributed by atoms with E-state index >= 15 is 0 Å². The Balaban J connectivity index is 2.21. The summed E-state index contributed by atoms with van der Waals surface area (Å²) in [5.74, 6) is 0. The molecule has 1 aromatic rings. The number of hydrogen-bond donors (Lipinski definition) is 0. The van der Waals surface area contributed by atoms with Crippen LogP contribution in [0.3, 0.4) is 0 Å². The molecule has 15 heavy (non-hydrogen) atoms. The zero-order valence-corrected chi connectivity index (χ0v) is 11.2. The first-order valence-electron chi connectivity index (χ1n) is 5.00. The Morgan fingerprint density at radius 2 is 2.20 bits per heavy atom. The van der Waals surface area contributed by atoms with Crippen LogP contribution in [0, 0.1) is 20.3 Å². The van der Waals surface area contributed by atoms with Crippen molar-refractivity contribution in [2.24, 2.45) is 5.41 Å². The van der Waals surface area contributed by atoms with Crippen molar-refractivity contribution in [2.75, 3.05) is 0 Å². The maximum Gasteiger partial charge on any atom is 0.0693 e. The lowest BCUT2D eigenvalue weighted by molar-refractivity contribution is 0.213. The Hall–Kier alpha value is -0.270. The zero-order valence-electron chi connectivity index (χ0n) is 8.26. The van der Waals surface area contributed by atoms with Gasteiger partial charge in [-0.3, -0.25) is 0 Å². The molecule has 0 aliphatic heterocycles. The van der Waals surface area contributed by atoms with Crippen molar-refractivity contribution >= 4 is 34.2 Å². The molecule has 0 bridgehead atoms. The van der Waals surface area contributed by atoms with Crippen molar-refractivity contribution in [2.45, 2.75) is 25.7 Å². The number of halogens is 2. The monoisotopic (exact) mass is 331 g/mol. The first-order valence-corrected chi connectivity index (χ1v) is 6.46. The van der Waals surface area contributed by atoms with Gasteiger partial charge in [0.05, 0.1) is 11.5 Å². The lowest BCUT2D eigenvalue weighted by Crippen LogP contribution is -2.30. The Labute approximate surface area is 109 Å². The standard InChI is InChI=1S/C12H11ClIN/c13-10-3-2-9(11(14)6-10)7-12(8-15)4-1-5-12/h2-3,6H,1,4-5,7H2. The van der Waals surface area contributed by atoms with Crippen LogP contribution in [-0.2, 0) is 6.42 Å². The first kappa shape index (κ1) is 11.2. The van der Waals surface area contributed by atoms with Crippen LogP contribution < -0.4 is 0 Å². The third-order valence-electron chi connectivity index (χ3n) is 3.09. The van der Waals surface area contributed by atoms with E-state index in [-0.39, 0.29) is 5.41 Å². The predicted molar refractivity (Wildman–Crippen MR) is 69.8 cm³/mol. The second kappa shape index (κ2) is 4.31. The fourth-order valence-electron chi connectivity index (χ4n) is 1.96. The van der Waals surface area contributed by atoms with Gasteiger partial charge in [0.25, 0.3) is 0 Å². The van der Waals surface area contributed by atoms with E-state index in [2.05, 4.69) is 28.7 Å². The van der Waals surface area contributed by atoms with Crippen molar-refractivity contribution in [1.82, 2.24) is 0 Å². The van der Waals surface area contributed by atoms with Crippen LogP contribution in [0.4, 0.5) is 0 Å². The molecule has 1 aromatic carbocycles. The molecule has 0 amide bonds. The maximum absolute atomic E-state index is 9.16. The van der Waals surface area contributed by atoms with Gasteiger partial charge in [0, 0.05) is 8.59 Å². The van der Waals surface area contributed by atoms with Crippen LogP contribution in [0.15, 0.2) is 18.2 Å². The molecule has 0 radical (unpaired) electrons. The first-order chi connectivity index (χ1) is 7.15. The minimum absolute atomic E-state index is 0.0895. The lowest BCUT2D eigenvalue weighted by atomic mass is 9.66. The summed E-state index contributed by atoms with van der Waals surface area (Å²) < 4.78 is 1.17. The Bertz CT molecular complexity index is 418. The second-order valence-corrected chi connectivity index (χ2v) is 5.76. The van der Waals surface area contributed by atoms with Gasteiger partial charge in [-0.1, -0.05) is 24.1 Å². The van der Waals surface area contributed by atoms with E-state index in [4.69, 9.17) is 16.9 Å². The molecule has 0 unspecified atom stereocenters. The van der Waals surface area contributed by atoms with Crippen LogP contribution in [0.2, 0.25) is 5.02 Å². The van der Waals surface area contributed by atoms with Gasteiger partial charge in [0.15, 0.2) is 0 Å². The Morgan fingerprint density at radius 1 is 1.47 bits per heavy atom. The van der Waals surface area contributed by atoms with Crippen molar-refractivity contribution in [1.29, 1.82) is 5.26 Å². The number of benzene rings is 1. The molecule has 0 heterocycles.